The highest BCUT2D eigenvalue weighted by atomic mass is 32.2. The van der Waals surface area contributed by atoms with E-state index in [0.29, 0.717) is 26.2 Å². The molecule has 0 saturated carbocycles. The van der Waals surface area contributed by atoms with Gasteiger partial charge in [0.25, 0.3) is 10.0 Å². The Morgan fingerprint density at radius 1 is 1.21 bits per heavy atom. The third-order valence-electron chi connectivity index (χ3n) is 4.22. The molecule has 0 unspecified atom stereocenters. The summed E-state index contributed by atoms with van der Waals surface area (Å²) < 4.78 is 44.2. The fourth-order valence-corrected chi connectivity index (χ4v) is 3.99. The van der Waals surface area contributed by atoms with E-state index in [9.17, 15) is 27.5 Å². The van der Waals surface area contributed by atoms with Crippen molar-refractivity contribution in [2.24, 2.45) is 0 Å². The average Bonchev–Trinajstić information content (AvgIpc) is 2.69. The summed E-state index contributed by atoms with van der Waals surface area (Å²) in [4.78, 5) is 25.1. The van der Waals surface area contributed by atoms with Gasteiger partial charge in [0.2, 0.25) is 0 Å². The Labute approximate surface area is 160 Å². The number of halogens is 1. The van der Waals surface area contributed by atoms with Gasteiger partial charge in [0.1, 0.15) is 17.3 Å². The molecule has 0 bridgehead atoms. The van der Waals surface area contributed by atoms with E-state index in [1.807, 2.05) is 0 Å². The van der Waals surface area contributed by atoms with Crippen molar-refractivity contribution >= 4 is 16.1 Å². The van der Waals surface area contributed by atoms with Gasteiger partial charge in [-0.15, -0.1) is 0 Å². The average molecular weight is 411 g/mol. The minimum absolute atomic E-state index is 0.0616. The SMILES string of the molecule is O=C(OCc1ccn(S(=O)(=O)c2ccccc2F)c(=O)c1O)N1CCNCC1. The van der Waals surface area contributed by atoms with Crippen molar-refractivity contribution in [3.63, 3.8) is 0 Å². The number of pyridine rings is 1. The largest absolute Gasteiger partial charge is 0.503 e. The van der Waals surface area contributed by atoms with Crippen LogP contribution in [0.3, 0.4) is 0 Å². The Balaban J connectivity index is 1.82. The number of hydrogen-bond donors (Lipinski definition) is 2. The molecule has 11 heteroatoms. The van der Waals surface area contributed by atoms with E-state index < -0.39 is 44.7 Å². The number of piperazine rings is 1. The normalized spacial score (nSPS) is 14.7. The summed E-state index contributed by atoms with van der Waals surface area (Å²) in [7, 11) is -4.54. The van der Waals surface area contributed by atoms with E-state index in [2.05, 4.69) is 5.32 Å². The first-order valence-corrected chi connectivity index (χ1v) is 9.82. The van der Waals surface area contributed by atoms with Gasteiger partial charge in [0, 0.05) is 37.9 Å². The molecule has 1 saturated heterocycles. The number of nitrogens with zero attached hydrogens (tertiary/aromatic N) is 2. The number of amides is 1. The zero-order valence-electron chi connectivity index (χ0n) is 14.7. The van der Waals surface area contributed by atoms with Crippen LogP contribution in [0.2, 0.25) is 0 Å². The van der Waals surface area contributed by atoms with Crippen LogP contribution in [0.4, 0.5) is 9.18 Å². The van der Waals surface area contributed by atoms with E-state index in [-0.39, 0.29) is 9.54 Å². The van der Waals surface area contributed by atoms with Crippen LogP contribution < -0.4 is 10.9 Å². The van der Waals surface area contributed by atoms with Crippen molar-refractivity contribution in [2.45, 2.75) is 11.5 Å². The third kappa shape index (κ3) is 3.85. The second-order valence-corrected chi connectivity index (χ2v) is 7.80. The Morgan fingerprint density at radius 2 is 1.89 bits per heavy atom. The Morgan fingerprint density at radius 3 is 2.57 bits per heavy atom. The number of aromatic nitrogens is 1. The molecule has 0 aliphatic carbocycles. The molecule has 0 spiro atoms. The molecule has 1 fully saturated rings. The lowest BCUT2D eigenvalue weighted by Gasteiger charge is -2.26. The fraction of sp³-hybridized carbons (Fsp3) is 0.294. The summed E-state index contributed by atoms with van der Waals surface area (Å²) >= 11 is 0. The van der Waals surface area contributed by atoms with Gasteiger partial charge in [-0.2, -0.15) is 0 Å². The number of benzene rings is 1. The smallest absolute Gasteiger partial charge is 0.410 e. The maximum atomic E-state index is 13.8. The molecule has 2 aromatic rings. The highest BCUT2D eigenvalue weighted by molar-refractivity contribution is 7.90. The van der Waals surface area contributed by atoms with Crippen LogP contribution >= 0.6 is 0 Å². The van der Waals surface area contributed by atoms with Crippen molar-refractivity contribution in [1.82, 2.24) is 14.2 Å². The molecular formula is C17H18FN3O6S. The van der Waals surface area contributed by atoms with Gasteiger partial charge in [0.05, 0.1) is 0 Å². The molecule has 1 aliphatic heterocycles. The van der Waals surface area contributed by atoms with Gasteiger partial charge in [-0.1, -0.05) is 12.1 Å². The first kappa shape index (κ1) is 19.8. The number of carbonyl (C=O) groups is 1. The van der Waals surface area contributed by atoms with Gasteiger partial charge >= 0.3 is 11.7 Å². The molecular weight excluding hydrogens is 393 g/mol. The summed E-state index contributed by atoms with van der Waals surface area (Å²) in [5.74, 6) is -1.92. The monoisotopic (exact) mass is 411 g/mol. The highest BCUT2D eigenvalue weighted by Gasteiger charge is 2.25. The topological polar surface area (TPSA) is 118 Å². The molecule has 28 heavy (non-hydrogen) atoms. The number of aromatic hydroxyl groups is 1. The predicted molar refractivity (Wildman–Crippen MR) is 96.0 cm³/mol. The Hall–Kier alpha value is -2.92. The van der Waals surface area contributed by atoms with Gasteiger partial charge in [0.15, 0.2) is 5.75 Å². The summed E-state index contributed by atoms with van der Waals surface area (Å²) in [6.45, 7) is 1.78. The van der Waals surface area contributed by atoms with Crippen LogP contribution in [0.25, 0.3) is 0 Å². The first-order chi connectivity index (χ1) is 13.3. The van der Waals surface area contributed by atoms with E-state index >= 15 is 0 Å². The minimum Gasteiger partial charge on any atom is -0.503 e. The second-order valence-electron chi connectivity index (χ2n) is 6.02. The van der Waals surface area contributed by atoms with Gasteiger partial charge in [-0.05, 0) is 18.2 Å². The van der Waals surface area contributed by atoms with Crippen molar-refractivity contribution in [1.29, 1.82) is 0 Å². The summed E-state index contributed by atoms with van der Waals surface area (Å²) in [6, 6.07) is 5.70. The minimum atomic E-state index is -4.54. The van der Waals surface area contributed by atoms with Crippen LogP contribution in [0, 0.1) is 5.82 Å². The molecule has 3 rings (SSSR count). The zero-order valence-corrected chi connectivity index (χ0v) is 15.5. The lowest BCUT2D eigenvalue weighted by molar-refractivity contribution is 0.0911. The van der Waals surface area contributed by atoms with Crippen LogP contribution in [0.1, 0.15) is 5.56 Å². The van der Waals surface area contributed by atoms with Crippen LogP contribution in [-0.2, 0) is 21.4 Å². The van der Waals surface area contributed by atoms with E-state index in [4.69, 9.17) is 4.74 Å². The molecule has 9 nitrogen and oxygen atoms in total. The van der Waals surface area contributed by atoms with Crippen LogP contribution in [0.5, 0.6) is 5.75 Å². The highest BCUT2D eigenvalue weighted by Crippen LogP contribution is 2.19. The second kappa shape index (κ2) is 7.98. The Kier molecular flexibility index (Phi) is 5.66. The fourth-order valence-electron chi connectivity index (χ4n) is 2.69. The molecule has 1 aromatic carbocycles. The van der Waals surface area contributed by atoms with Crippen molar-refractivity contribution in [3.05, 3.63) is 58.3 Å². The summed E-state index contributed by atoms with van der Waals surface area (Å²) in [5.41, 5.74) is -1.33. The van der Waals surface area contributed by atoms with E-state index in [1.54, 1.807) is 0 Å². The van der Waals surface area contributed by atoms with Crippen molar-refractivity contribution < 1.29 is 27.4 Å². The standard InChI is InChI=1S/C17H18FN3O6S/c18-13-3-1-2-4-14(13)28(25,26)21-8-5-12(15(22)16(21)23)11-27-17(24)20-9-6-19-7-10-20/h1-5,8,19,22H,6-7,9-11H2. The van der Waals surface area contributed by atoms with Crippen LogP contribution in [0.15, 0.2) is 46.2 Å². The summed E-state index contributed by atoms with van der Waals surface area (Å²) in [5, 5.41) is 13.2. The summed E-state index contributed by atoms with van der Waals surface area (Å²) in [6.07, 6.45) is 0.279. The molecule has 2 heterocycles. The van der Waals surface area contributed by atoms with E-state index in [0.717, 1.165) is 24.4 Å². The number of hydrogen-bond acceptors (Lipinski definition) is 7. The maximum Gasteiger partial charge on any atom is 0.410 e. The zero-order chi connectivity index (χ0) is 20.3. The van der Waals surface area contributed by atoms with Crippen molar-refractivity contribution in [2.75, 3.05) is 26.2 Å². The van der Waals surface area contributed by atoms with Gasteiger partial charge in [-0.3, -0.25) is 4.79 Å². The molecule has 1 aromatic heterocycles. The number of nitrogens with one attached hydrogen (secondary N) is 1. The van der Waals surface area contributed by atoms with Gasteiger partial charge in [-0.25, -0.2) is 21.6 Å². The lowest BCUT2D eigenvalue weighted by Crippen LogP contribution is -2.46. The third-order valence-corrected chi connectivity index (χ3v) is 5.91. The van der Waals surface area contributed by atoms with E-state index in [1.165, 1.54) is 17.0 Å². The quantitative estimate of drug-likeness (QED) is 0.751. The maximum absolute atomic E-state index is 13.8. The lowest BCUT2D eigenvalue weighted by atomic mass is 10.2. The molecule has 1 amide bonds. The molecule has 2 N–H and O–H groups in total. The predicted octanol–water partition coefficient (Wildman–Crippen LogP) is 0.472. The van der Waals surface area contributed by atoms with Crippen molar-refractivity contribution in [3.8, 4) is 5.75 Å². The molecule has 150 valence electrons. The first-order valence-electron chi connectivity index (χ1n) is 8.38. The Bertz CT molecular complexity index is 1050. The molecule has 0 atom stereocenters. The number of rotatable bonds is 4. The van der Waals surface area contributed by atoms with Crippen LogP contribution in [-0.4, -0.2) is 54.7 Å². The molecule has 1 aliphatic rings. The number of ether oxygens (including phenoxy) is 1. The number of carbonyl (C=O) groups excluding carboxylic acids is 1. The molecule has 0 radical (unpaired) electrons. The van der Waals surface area contributed by atoms with Gasteiger partial charge < -0.3 is 20.1 Å².